The van der Waals surface area contributed by atoms with E-state index in [9.17, 15) is 4.79 Å². The van der Waals surface area contributed by atoms with E-state index in [0.717, 1.165) is 32.4 Å². The Morgan fingerprint density at radius 1 is 1.24 bits per heavy atom. The number of carbonyl (C=O) groups is 1. The molecule has 0 aromatic rings. The number of carbonyl (C=O) groups excluding carboxylic acids is 1. The highest BCUT2D eigenvalue weighted by molar-refractivity contribution is 6.00. The van der Waals surface area contributed by atoms with Crippen molar-refractivity contribution in [2.24, 2.45) is 0 Å². The molecular weight excluding hydrogens is 214 g/mol. The monoisotopic (exact) mass is 233 g/mol. The molecule has 2 heterocycles. The van der Waals surface area contributed by atoms with Crippen LogP contribution in [0.25, 0.3) is 0 Å². The van der Waals surface area contributed by atoms with E-state index in [1.807, 2.05) is 0 Å². The Labute approximate surface area is 102 Å². The van der Waals surface area contributed by atoms with Gasteiger partial charge in [0.1, 0.15) is 11.4 Å². The Morgan fingerprint density at radius 3 is 2.76 bits per heavy atom. The van der Waals surface area contributed by atoms with E-state index < -0.39 is 0 Å². The van der Waals surface area contributed by atoms with Crippen LogP contribution in [0.2, 0.25) is 0 Å². The lowest BCUT2D eigenvalue weighted by molar-refractivity contribution is -0.125. The van der Waals surface area contributed by atoms with Crippen molar-refractivity contribution < 1.29 is 9.53 Å². The van der Waals surface area contributed by atoms with Crippen molar-refractivity contribution in [3.8, 4) is 0 Å². The van der Waals surface area contributed by atoms with Crippen molar-refractivity contribution in [3.63, 3.8) is 0 Å². The first-order chi connectivity index (χ1) is 8.21. The third-order valence-electron chi connectivity index (χ3n) is 3.51. The van der Waals surface area contributed by atoms with Crippen LogP contribution in [0.15, 0.2) is 36.6 Å². The zero-order valence-corrected chi connectivity index (χ0v) is 10.1. The summed E-state index contributed by atoms with van der Waals surface area (Å²) in [4.78, 5) is 12.1. The predicted molar refractivity (Wildman–Crippen MR) is 67.6 cm³/mol. The summed E-state index contributed by atoms with van der Waals surface area (Å²) >= 11 is 0. The standard InChI is InChI=1S/C14H19NO2/c1-3-11-12(16)10-14(17-13(11)4-2)6-5-8-15-9-7-14/h3-4,15H,1-2,5-10H2. The molecule has 1 unspecified atom stereocenters. The Hall–Kier alpha value is -1.35. The van der Waals surface area contributed by atoms with Crippen LogP contribution in [0.1, 0.15) is 25.7 Å². The van der Waals surface area contributed by atoms with Gasteiger partial charge in [0.25, 0.3) is 0 Å². The van der Waals surface area contributed by atoms with E-state index in [-0.39, 0.29) is 11.4 Å². The van der Waals surface area contributed by atoms with Gasteiger partial charge in [-0.2, -0.15) is 0 Å². The molecule has 0 saturated carbocycles. The molecular formula is C14H19NO2. The molecule has 0 bridgehead atoms. The average molecular weight is 233 g/mol. The lowest BCUT2D eigenvalue weighted by Gasteiger charge is -2.37. The number of hydrogen-bond acceptors (Lipinski definition) is 3. The summed E-state index contributed by atoms with van der Waals surface area (Å²) in [5.41, 5.74) is 0.249. The molecule has 3 nitrogen and oxygen atoms in total. The molecule has 92 valence electrons. The molecule has 2 aliphatic rings. The zero-order valence-electron chi connectivity index (χ0n) is 10.1. The highest BCUT2D eigenvalue weighted by atomic mass is 16.5. The predicted octanol–water partition coefficient (Wildman–Crippen LogP) is 2.11. The van der Waals surface area contributed by atoms with E-state index in [4.69, 9.17) is 4.74 Å². The number of ether oxygens (including phenoxy) is 1. The van der Waals surface area contributed by atoms with Gasteiger partial charge in [-0.25, -0.2) is 0 Å². The lowest BCUT2D eigenvalue weighted by atomic mass is 9.84. The molecule has 0 aliphatic carbocycles. The molecule has 2 rings (SSSR count). The lowest BCUT2D eigenvalue weighted by Crippen LogP contribution is -2.39. The molecule has 1 spiro atoms. The molecule has 0 aromatic heterocycles. The van der Waals surface area contributed by atoms with Crippen molar-refractivity contribution in [2.45, 2.75) is 31.3 Å². The van der Waals surface area contributed by atoms with Crippen LogP contribution in [-0.2, 0) is 9.53 Å². The summed E-state index contributed by atoms with van der Waals surface area (Å²) in [7, 11) is 0. The Balaban J connectivity index is 2.29. The van der Waals surface area contributed by atoms with Crippen LogP contribution in [0.5, 0.6) is 0 Å². The first kappa shape index (κ1) is 12.1. The third kappa shape index (κ3) is 2.34. The van der Waals surface area contributed by atoms with Crippen LogP contribution < -0.4 is 5.32 Å². The summed E-state index contributed by atoms with van der Waals surface area (Å²) in [5.74, 6) is 0.723. The molecule has 1 saturated heterocycles. The van der Waals surface area contributed by atoms with Gasteiger partial charge in [-0.15, -0.1) is 0 Å². The van der Waals surface area contributed by atoms with Crippen LogP contribution in [0.4, 0.5) is 0 Å². The summed E-state index contributed by atoms with van der Waals surface area (Å²) in [6.07, 6.45) is 6.50. The number of nitrogens with one attached hydrogen (secondary N) is 1. The summed E-state index contributed by atoms with van der Waals surface area (Å²) < 4.78 is 6.05. The minimum Gasteiger partial charge on any atom is -0.486 e. The van der Waals surface area contributed by atoms with Gasteiger partial charge >= 0.3 is 0 Å². The summed E-state index contributed by atoms with van der Waals surface area (Å²) in [6, 6.07) is 0. The maximum atomic E-state index is 12.1. The molecule has 17 heavy (non-hydrogen) atoms. The highest BCUT2D eigenvalue weighted by Gasteiger charge is 2.40. The second kappa shape index (κ2) is 4.88. The summed E-state index contributed by atoms with van der Waals surface area (Å²) in [6.45, 7) is 9.29. The first-order valence-electron chi connectivity index (χ1n) is 6.13. The number of rotatable bonds is 2. The molecule has 1 fully saturated rings. The van der Waals surface area contributed by atoms with Crippen LogP contribution in [-0.4, -0.2) is 24.5 Å². The fourth-order valence-corrected chi connectivity index (χ4v) is 2.60. The quantitative estimate of drug-likeness (QED) is 0.794. The number of ketones is 1. The normalized spacial score (nSPS) is 29.8. The van der Waals surface area contributed by atoms with E-state index in [0.29, 0.717) is 17.8 Å². The molecule has 3 heteroatoms. The van der Waals surface area contributed by atoms with Crippen molar-refractivity contribution in [1.29, 1.82) is 0 Å². The Morgan fingerprint density at radius 2 is 2.06 bits per heavy atom. The van der Waals surface area contributed by atoms with Gasteiger partial charge in [-0.1, -0.05) is 19.2 Å². The van der Waals surface area contributed by atoms with Crippen molar-refractivity contribution in [1.82, 2.24) is 5.32 Å². The zero-order chi connectivity index (χ0) is 12.3. The van der Waals surface area contributed by atoms with Gasteiger partial charge in [0.15, 0.2) is 5.78 Å². The van der Waals surface area contributed by atoms with Crippen LogP contribution in [0, 0.1) is 0 Å². The van der Waals surface area contributed by atoms with Gasteiger partial charge in [0, 0.05) is 6.42 Å². The van der Waals surface area contributed by atoms with Crippen LogP contribution >= 0.6 is 0 Å². The smallest absolute Gasteiger partial charge is 0.170 e. The molecule has 2 aliphatic heterocycles. The number of hydrogen-bond donors (Lipinski definition) is 1. The van der Waals surface area contributed by atoms with Gasteiger partial charge in [0.05, 0.1) is 12.0 Å². The largest absolute Gasteiger partial charge is 0.486 e. The minimum absolute atomic E-state index is 0.128. The van der Waals surface area contributed by atoms with Crippen molar-refractivity contribution in [2.75, 3.05) is 13.1 Å². The second-order valence-electron chi connectivity index (χ2n) is 4.67. The number of Topliss-reactive ketones (excluding diaryl/α,β-unsaturated/α-hetero) is 1. The summed E-state index contributed by atoms with van der Waals surface area (Å²) in [5, 5.41) is 3.34. The first-order valence-corrected chi connectivity index (χ1v) is 6.13. The van der Waals surface area contributed by atoms with E-state index in [1.54, 1.807) is 12.2 Å². The topological polar surface area (TPSA) is 38.3 Å². The number of allylic oxidation sites excluding steroid dienone is 3. The van der Waals surface area contributed by atoms with Gasteiger partial charge in [0.2, 0.25) is 0 Å². The Kier molecular flexibility index (Phi) is 3.48. The van der Waals surface area contributed by atoms with Crippen molar-refractivity contribution >= 4 is 5.78 Å². The molecule has 1 N–H and O–H groups in total. The molecule has 0 radical (unpaired) electrons. The molecule has 0 amide bonds. The van der Waals surface area contributed by atoms with Crippen LogP contribution in [0.3, 0.4) is 0 Å². The average Bonchev–Trinajstić information content (AvgIpc) is 2.54. The fraction of sp³-hybridized carbons (Fsp3) is 0.500. The molecule has 1 atom stereocenters. The molecule has 0 aromatic carbocycles. The van der Waals surface area contributed by atoms with Gasteiger partial charge < -0.3 is 10.1 Å². The van der Waals surface area contributed by atoms with Gasteiger partial charge in [-0.05, 0) is 32.0 Å². The van der Waals surface area contributed by atoms with E-state index in [2.05, 4.69) is 18.5 Å². The minimum atomic E-state index is -0.323. The van der Waals surface area contributed by atoms with Gasteiger partial charge in [-0.3, -0.25) is 4.79 Å². The van der Waals surface area contributed by atoms with Crippen molar-refractivity contribution in [3.05, 3.63) is 36.6 Å². The Bertz CT molecular complexity index is 374. The third-order valence-corrected chi connectivity index (χ3v) is 3.51. The second-order valence-corrected chi connectivity index (χ2v) is 4.67. The maximum Gasteiger partial charge on any atom is 0.170 e. The SMILES string of the molecule is C=CC1=C(C=C)C(=O)CC2(CCCNCC2)O1. The fourth-order valence-electron chi connectivity index (χ4n) is 2.60. The van der Waals surface area contributed by atoms with E-state index >= 15 is 0 Å². The van der Waals surface area contributed by atoms with E-state index in [1.165, 1.54) is 0 Å². The highest BCUT2D eigenvalue weighted by Crippen LogP contribution is 2.37. The maximum absolute atomic E-state index is 12.1.